The van der Waals surface area contributed by atoms with Crippen LogP contribution < -0.4 is 14.2 Å². The molecule has 0 saturated heterocycles. The normalized spacial score (nSPS) is 10.6. The van der Waals surface area contributed by atoms with Crippen molar-refractivity contribution in [1.82, 2.24) is 0 Å². The van der Waals surface area contributed by atoms with Crippen LogP contribution >= 0.6 is 0 Å². The monoisotopic (exact) mass is 398 g/mol. The summed E-state index contributed by atoms with van der Waals surface area (Å²) in [7, 11) is 2.99. The van der Waals surface area contributed by atoms with Crippen LogP contribution in [-0.2, 0) is 4.74 Å². The Morgan fingerprint density at radius 3 is 2.45 bits per heavy atom. The molecule has 0 N–H and O–H groups in total. The van der Waals surface area contributed by atoms with Gasteiger partial charge in [-0.2, -0.15) is 0 Å². The van der Waals surface area contributed by atoms with E-state index in [4.69, 9.17) is 23.4 Å². The van der Waals surface area contributed by atoms with Gasteiger partial charge in [0.2, 0.25) is 5.76 Å². The number of carbonyl (C=O) groups excluding carboxylic acids is 2. The minimum absolute atomic E-state index is 0.0637. The molecule has 7 nitrogen and oxygen atoms in total. The average molecular weight is 398 g/mol. The molecule has 152 valence electrons. The van der Waals surface area contributed by atoms with E-state index >= 15 is 0 Å². The first-order valence-corrected chi connectivity index (χ1v) is 9.06. The van der Waals surface area contributed by atoms with Gasteiger partial charge < -0.3 is 23.4 Å². The highest BCUT2D eigenvalue weighted by Gasteiger charge is 2.21. The predicted molar refractivity (Wildman–Crippen MR) is 106 cm³/mol. The summed E-state index contributed by atoms with van der Waals surface area (Å²) in [6.45, 7) is 3.77. The van der Waals surface area contributed by atoms with Crippen molar-refractivity contribution >= 4 is 22.7 Å². The summed E-state index contributed by atoms with van der Waals surface area (Å²) < 4.78 is 26.6. The highest BCUT2D eigenvalue weighted by atomic mass is 16.5. The lowest BCUT2D eigenvalue weighted by molar-refractivity contribution is 0.0445. The number of aryl methyl sites for hydroxylation is 1. The van der Waals surface area contributed by atoms with Crippen LogP contribution in [0.5, 0.6) is 17.2 Å². The molecule has 1 heterocycles. The van der Waals surface area contributed by atoms with Gasteiger partial charge in [-0.25, -0.2) is 4.79 Å². The summed E-state index contributed by atoms with van der Waals surface area (Å²) in [5.74, 6) is 0.603. The average Bonchev–Trinajstić information content (AvgIpc) is 3.07. The zero-order valence-corrected chi connectivity index (χ0v) is 16.7. The molecule has 0 radical (unpaired) electrons. The molecular weight excluding hydrogens is 376 g/mol. The molecule has 3 rings (SSSR count). The minimum Gasteiger partial charge on any atom is -0.494 e. The molecule has 2 aromatic carbocycles. The van der Waals surface area contributed by atoms with Crippen molar-refractivity contribution in [3.05, 3.63) is 53.3 Å². The van der Waals surface area contributed by atoms with E-state index in [9.17, 15) is 9.59 Å². The summed E-state index contributed by atoms with van der Waals surface area (Å²) in [4.78, 5) is 24.9. The third-order valence-corrected chi connectivity index (χ3v) is 4.44. The van der Waals surface area contributed by atoms with Crippen molar-refractivity contribution < 1.29 is 33.0 Å². The Labute approximate surface area is 168 Å². The van der Waals surface area contributed by atoms with E-state index < -0.39 is 12.6 Å². The molecule has 0 bridgehead atoms. The highest BCUT2D eigenvalue weighted by molar-refractivity contribution is 6.01. The van der Waals surface area contributed by atoms with Gasteiger partial charge in [-0.1, -0.05) is 0 Å². The molecule has 0 aliphatic heterocycles. The number of ether oxygens (including phenoxy) is 4. The number of hydrogen-bond acceptors (Lipinski definition) is 7. The van der Waals surface area contributed by atoms with E-state index in [-0.39, 0.29) is 11.5 Å². The van der Waals surface area contributed by atoms with Crippen LogP contribution in [0.2, 0.25) is 0 Å². The summed E-state index contributed by atoms with van der Waals surface area (Å²) in [5.41, 5.74) is 1.52. The van der Waals surface area contributed by atoms with Crippen molar-refractivity contribution in [2.45, 2.75) is 13.8 Å². The van der Waals surface area contributed by atoms with Crippen LogP contribution in [0.1, 0.15) is 33.4 Å². The summed E-state index contributed by atoms with van der Waals surface area (Å²) in [5, 5.41) is 0.758. The molecule has 0 amide bonds. The van der Waals surface area contributed by atoms with Crippen LogP contribution in [-0.4, -0.2) is 39.2 Å². The molecule has 0 spiro atoms. The number of esters is 1. The van der Waals surface area contributed by atoms with Crippen LogP contribution in [0, 0.1) is 6.92 Å². The molecule has 0 atom stereocenters. The predicted octanol–water partition coefficient (Wildman–Crippen LogP) is 4.20. The first kappa shape index (κ1) is 20.3. The number of hydrogen-bond donors (Lipinski definition) is 0. The Balaban J connectivity index is 1.73. The number of Topliss-reactive ketones (excluding diaryl/α,β-unsaturated/α-hetero) is 1. The van der Waals surface area contributed by atoms with Gasteiger partial charge in [-0.05, 0) is 50.2 Å². The summed E-state index contributed by atoms with van der Waals surface area (Å²) in [6, 6.07) is 10.1. The quantitative estimate of drug-likeness (QED) is 0.415. The SMILES string of the molecule is CCOc1ccc2oc(C(=O)OCC(=O)c3ccc(OC)c(OC)c3)c(C)c2c1. The zero-order valence-electron chi connectivity index (χ0n) is 16.7. The Morgan fingerprint density at radius 1 is 1.00 bits per heavy atom. The van der Waals surface area contributed by atoms with Gasteiger partial charge in [0.1, 0.15) is 11.3 Å². The Hall–Kier alpha value is -3.48. The number of carbonyl (C=O) groups is 2. The Bertz CT molecular complexity index is 1050. The second-order valence-corrected chi connectivity index (χ2v) is 6.22. The lowest BCUT2D eigenvalue weighted by atomic mass is 10.1. The number of benzene rings is 2. The standard InChI is InChI=1S/C22H22O7/c1-5-27-15-7-9-18-16(11-15)13(2)21(29-18)22(24)28-12-17(23)14-6-8-19(25-3)20(10-14)26-4/h6-11H,5,12H2,1-4H3. The largest absolute Gasteiger partial charge is 0.494 e. The third-order valence-electron chi connectivity index (χ3n) is 4.44. The van der Waals surface area contributed by atoms with Crippen LogP contribution in [0.3, 0.4) is 0 Å². The molecular formula is C22H22O7. The van der Waals surface area contributed by atoms with Gasteiger partial charge in [-0.15, -0.1) is 0 Å². The summed E-state index contributed by atoms with van der Waals surface area (Å²) >= 11 is 0. The smallest absolute Gasteiger partial charge is 0.375 e. The van der Waals surface area contributed by atoms with E-state index in [1.54, 1.807) is 31.2 Å². The van der Waals surface area contributed by atoms with E-state index in [0.717, 1.165) is 5.39 Å². The maximum atomic E-state index is 12.5. The number of furan rings is 1. The topological polar surface area (TPSA) is 84.2 Å². The van der Waals surface area contributed by atoms with Crippen LogP contribution in [0.25, 0.3) is 11.0 Å². The molecule has 0 unspecified atom stereocenters. The summed E-state index contributed by atoms with van der Waals surface area (Å²) in [6.07, 6.45) is 0. The number of fused-ring (bicyclic) bond motifs is 1. The maximum Gasteiger partial charge on any atom is 0.375 e. The first-order valence-electron chi connectivity index (χ1n) is 9.06. The van der Waals surface area contributed by atoms with E-state index in [1.165, 1.54) is 20.3 Å². The van der Waals surface area contributed by atoms with Gasteiger partial charge in [0.25, 0.3) is 0 Å². The molecule has 7 heteroatoms. The fourth-order valence-corrected chi connectivity index (χ4v) is 2.94. The van der Waals surface area contributed by atoms with E-state index in [2.05, 4.69) is 0 Å². The van der Waals surface area contributed by atoms with Gasteiger partial charge in [-0.3, -0.25) is 4.79 Å². The van der Waals surface area contributed by atoms with E-state index in [0.29, 0.717) is 40.6 Å². The molecule has 0 aliphatic rings. The number of methoxy groups -OCH3 is 2. The van der Waals surface area contributed by atoms with Gasteiger partial charge in [0, 0.05) is 16.5 Å². The Kier molecular flexibility index (Phi) is 6.07. The molecule has 0 saturated carbocycles. The fraction of sp³-hybridized carbons (Fsp3) is 0.273. The van der Waals surface area contributed by atoms with Gasteiger partial charge in [0.15, 0.2) is 23.9 Å². The van der Waals surface area contributed by atoms with Crippen molar-refractivity contribution in [2.75, 3.05) is 27.4 Å². The molecule has 29 heavy (non-hydrogen) atoms. The number of rotatable bonds is 8. The fourth-order valence-electron chi connectivity index (χ4n) is 2.94. The van der Waals surface area contributed by atoms with Crippen molar-refractivity contribution in [1.29, 1.82) is 0 Å². The number of ketones is 1. The van der Waals surface area contributed by atoms with Gasteiger partial charge in [0.05, 0.1) is 20.8 Å². The lowest BCUT2D eigenvalue weighted by Crippen LogP contribution is -2.14. The highest BCUT2D eigenvalue weighted by Crippen LogP contribution is 2.30. The van der Waals surface area contributed by atoms with Crippen molar-refractivity contribution in [2.24, 2.45) is 0 Å². The molecule has 0 aliphatic carbocycles. The third kappa shape index (κ3) is 4.18. The maximum absolute atomic E-state index is 12.5. The van der Waals surface area contributed by atoms with Crippen molar-refractivity contribution in [3.8, 4) is 17.2 Å². The zero-order chi connectivity index (χ0) is 21.0. The van der Waals surface area contributed by atoms with Crippen LogP contribution in [0.4, 0.5) is 0 Å². The molecule has 3 aromatic rings. The minimum atomic E-state index is -0.703. The Morgan fingerprint density at radius 2 is 1.76 bits per heavy atom. The van der Waals surface area contributed by atoms with Crippen LogP contribution in [0.15, 0.2) is 40.8 Å². The van der Waals surface area contributed by atoms with Gasteiger partial charge >= 0.3 is 5.97 Å². The second kappa shape index (κ2) is 8.68. The molecule has 0 fully saturated rings. The lowest BCUT2D eigenvalue weighted by Gasteiger charge is -2.09. The van der Waals surface area contributed by atoms with E-state index in [1.807, 2.05) is 13.0 Å². The first-order chi connectivity index (χ1) is 14.0. The van der Waals surface area contributed by atoms with Crippen molar-refractivity contribution in [3.63, 3.8) is 0 Å². The second-order valence-electron chi connectivity index (χ2n) is 6.22. The molecule has 1 aromatic heterocycles.